The van der Waals surface area contributed by atoms with E-state index in [9.17, 15) is 18.0 Å². The van der Waals surface area contributed by atoms with Gasteiger partial charge in [-0.15, -0.1) is 0 Å². The number of amides is 2. The Morgan fingerprint density at radius 2 is 1.61 bits per heavy atom. The van der Waals surface area contributed by atoms with E-state index in [-0.39, 0.29) is 43.8 Å². The standard InChI is InChI=1S/C32H40ClN3O4S/c1-5-25(3)34-32(38)30(22-26-14-7-6-8-15-26)35(23-27-16-11-17-28(33)21-27)31(37)19-12-20-36(41(4,39)40)29-18-10-9-13-24(29)2/h6-11,13-18,21,25,30H,5,12,19-20,22-23H2,1-4H3,(H,34,38)/t25-,30+/m1/s1. The largest absolute Gasteiger partial charge is 0.352 e. The van der Waals surface area contributed by atoms with Crippen LogP contribution in [0, 0.1) is 6.92 Å². The average molecular weight is 598 g/mol. The van der Waals surface area contributed by atoms with Gasteiger partial charge in [0.1, 0.15) is 6.04 Å². The van der Waals surface area contributed by atoms with Gasteiger partial charge in [-0.05, 0) is 61.6 Å². The minimum atomic E-state index is -3.57. The number of rotatable bonds is 14. The van der Waals surface area contributed by atoms with Crippen molar-refractivity contribution in [3.05, 3.63) is 101 Å². The molecule has 3 rings (SSSR count). The molecule has 0 fully saturated rings. The first-order chi connectivity index (χ1) is 19.5. The van der Waals surface area contributed by atoms with Crippen molar-refractivity contribution in [2.24, 2.45) is 0 Å². The van der Waals surface area contributed by atoms with E-state index in [1.807, 2.05) is 75.4 Å². The zero-order valence-corrected chi connectivity index (χ0v) is 25.8. The van der Waals surface area contributed by atoms with Gasteiger partial charge >= 0.3 is 0 Å². The number of hydrogen-bond donors (Lipinski definition) is 1. The normalized spacial score (nSPS) is 12.8. The second kappa shape index (κ2) is 15.0. The van der Waals surface area contributed by atoms with Gasteiger partial charge in [0.2, 0.25) is 21.8 Å². The van der Waals surface area contributed by atoms with Gasteiger partial charge in [-0.3, -0.25) is 13.9 Å². The Morgan fingerprint density at radius 1 is 0.951 bits per heavy atom. The molecule has 0 radical (unpaired) electrons. The molecule has 1 N–H and O–H groups in total. The van der Waals surface area contributed by atoms with Crippen LogP contribution in [0.5, 0.6) is 0 Å². The van der Waals surface area contributed by atoms with E-state index >= 15 is 0 Å². The second-order valence-corrected chi connectivity index (χ2v) is 12.7. The number of sulfonamides is 1. The van der Waals surface area contributed by atoms with E-state index in [1.165, 1.54) is 10.6 Å². The fourth-order valence-electron chi connectivity index (χ4n) is 4.65. The first kappa shape index (κ1) is 32.2. The summed E-state index contributed by atoms with van der Waals surface area (Å²) in [6.07, 6.45) is 2.62. The molecule has 220 valence electrons. The van der Waals surface area contributed by atoms with Gasteiger partial charge in [0.25, 0.3) is 0 Å². The van der Waals surface area contributed by atoms with Crippen molar-refractivity contribution < 1.29 is 18.0 Å². The van der Waals surface area contributed by atoms with E-state index < -0.39 is 16.1 Å². The molecule has 9 heteroatoms. The predicted octanol–water partition coefficient (Wildman–Crippen LogP) is 5.75. The monoisotopic (exact) mass is 597 g/mol. The summed E-state index contributed by atoms with van der Waals surface area (Å²) in [5.41, 5.74) is 3.16. The lowest BCUT2D eigenvalue weighted by Gasteiger charge is -2.33. The number of para-hydroxylation sites is 1. The van der Waals surface area contributed by atoms with E-state index in [4.69, 9.17) is 11.6 Å². The summed E-state index contributed by atoms with van der Waals surface area (Å²) in [6.45, 7) is 6.12. The Balaban J connectivity index is 1.90. The van der Waals surface area contributed by atoms with Crippen LogP contribution in [0.15, 0.2) is 78.9 Å². The lowest BCUT2D eigenvalue weighted by Crippen LogP contribution is -2.52. The number of hydrogen-bond acceptors (Lipinski definition) is 4. The fourth-order valence-corrected chi connectivity index (χ4v) is 5.89. The predicted molar refractivity (Wildman–Crippen MR) is 166 cm³/mol. The summed E-state index contributed by atoms with van der Waals surface area (Å²) in [4.78, 5) is 29.1. The van der Waals surface area contributed by atoms with Gasteiger partial charge < -0.3 is 10.2 Å². The summed E-state index contributed by atoms with van der Waals surface area (Å²) >= 11 is 6.25. The summed E-state index contributed by atoms with van der Waals surface area (Å²) < 4.78 is 26.7. The van der Waals surface area contributed by atoms with Crippen LogP contribution < -0.4 is 9.62 Å². The highest BCUT2D eigenvalue weighted by Crippen LogP contribution is 2.23. The van der Waals surface area contributed by atoms with Gasteiger partial charge in [-0.2, -0.15) is 0 Å². The molecule has 2 atom stereocenters. The molecule has 0 aliphatic carbocycles. The Kier molecular flexibility index (Phi) is 11.8. The SMILES string of the molecule is CC[C@@H](C)NC(=O)[C@H](Cc1ccccc1)N(Cc1cccc(Cl)c1)C(=O)CCCN(c1ccccc1C)S(C)(=O)=O. The maximum absolute atomic E-state index is 13.9. The highest BCUT2D eigenvalue weighted by Gasteiger charge is 2.31. The van der Waals surface area contributed by atoms with Crippen LogP contribution in [0.25, 0.3) is 0 Å². The third kappa shape index (κ3) is 9.61. The summed E-state index contributed by atoms with van der Waals surface area (Å²) in [6, 6.07) is 23.3. The van der Waals surface area contributed by atoms with Gasteiger partial charge in [0.05, 0.1) is 11.9 Å². The number of aryl methyl sites for hydroxylation is 1. The molecular formula is C32H40ClN3O4S. The molecule has 0 aliphatic heterocycles. The molecule has 0 spiro atoms. The zero-order chi connectivity index (χ0) is 30.0. The molecule has 0 aromatic heterocycles. The number of nitrogens with one attached hydrogen (secondary N) is 1. The Bertz CT molecular complexity index is 1420. The Morgan fingerprint density at radius 3 is 2.24 bits per heavy atom. The van der Waals surface area contributed by atoms with Gasteiger partial charge in [0, 0.05) is 37.0 Å². The Hall–Kier alpha value is -3.36. The van der Waals surface area contributed by atoms with E-state index in [0.717, 1.165) is 23.1 Å². The fraction of sp³-hybridized carbons (Fsp3) is 0.375. The highest BCUT2D eigenvalue weighted by molar-refractivity contribution is 7.92. The van der Waals surface area contributed by atoms with Crippen molar-refractivity contribution in [3.63, 3.8) is 0 Å². The van der Waals surface area contributed by atoms with Crippen LogP contribution in [0.1, 0.15) is 49.8 Å². The maximum Gasteiger partial charge on any atom is 0.243 e. The number of nitrogens with zero attached hydrogens (tertiary/aromatic N) is 2. The topological polar surface area (TPSA) is 86.8 Å². The average Bonchev–Trinajstić information content (AvgIpc) is 2.93. The van der Waals surface area contributed by atoms with Gasteiger partial charge in [0.15, 0.2) is 0 Å². The first-order valence-corrected chi connectivity index (χ1v) is 16.1. The molecule has 2 amide bonds. The Labute approximate surface area is 249 Å². The molecule has 3 aromatic rings. The van der Waals surface area contributed by atoms with Crippen LogP contribution >= 0.6 is 11.6 Å². The summed E-state index contributed by atoms with van der Waals surface area (Å²) in [7, 11) is -3.57. The highest BCUT2D eigenvalue weighted by atomic mass is 35.5. The third-order valence-electron chi connectivity index (χ3n) is 7.05. The van der Waals surface area contributed by atoms with Crippen LogP contribution in [0.2, 0.25) is 5.02 Å². The molecule has 3 aromatic carbocycles. The van der Waals surface area contributed by atoms with Crippen LogP contribution in [0.4, 0.5) is 5.69 Å². The molecule has 7 nitrogen and oxygen atoms in total. The van der Waals surface area contributed by atoms with E-state index in [2.05, 4.69) is 5.32 Å². The smallest absolute Gasteiger partial charge is 0.243 e. The number of anilines is 1. The molecule has 0 bridgehead atoms. The molecule has 0 heterocycles. The first-order valence-electron chi connectivity index (χ1n) is 13.9. The molecular weight excluding hydrogens is 558 g/mol. The molecule has 41 heavy (non-hydrogen) atoms. The van der Waals surface area contributed by atoms with Gasteiger partial charge in [-0.25, -0.2) is 8.42 Å². The van der Waals surface area contributed by atoms with Crippen molar-refractivity contribution in [2.45, 2.75) is 65.1 Å². The summed E-state index contributed by atoms with van der Waals surface area (Å²) in [5, 5.41) is 3.60. The van der Waals surface area contributed by atoms with Crippen LogP contribution in [-0.2, 0) is 32.6 Å². The molecule has 0 saturated heterocycles. The minimum Gasteiger partial charge on any atom is -0.352 e. The molecule has 0 unspecified atom stereocenters. The third-order valence-corrected chi connectivity index (χ3v) is 8.47. The number of carbonyl (C=O) groups is 2. The minimum absolute atomic E-state index is 0.0543. The number of halogens is 1. The van der Waals surface area contributed by atoms with Crippen LogP contribution in [-0.4, -0.2) is 50.0 Å². The van der Waals surface area contributed by atoms with Crippen molar-refractivity contribution in [1.29, 1.82) is 0 Å². The lowest BCUT2D eigenvalue weighted by molar-refractivity contribution is -0.141. The van der Waals surface area contributed by atoms with E-state index in [1.54, 1.807) is 29.2 Å². The summed E-state index contributed by atoms with van der Waals surface area (Å²) in [5.74, 6) is -0.459. The number of benzene rings is 3. The quantitative estimate of drug-likeness (QED) is 0.256. The van der Waals surface area contributed by atoms with Crippen molar-refractivity contribution in [1.82, 2.24) is 10.2 Å². The molecule has 0 saturated carbocycles. The van der Waals surface area contributed by atoms with E-state index in [0.29, 0.717) is 17.1 Å². The van der Waals surface area contributed by atoms with Crippen molar-refractivity contribution in [2.75, 3.05) is 17.1 Å². The second-order valence-electron chi connectivity index (χ2n) is 10.4. The van der Waals surface area contributed by atoms with Gasteiger partial charge in [-0.1, -0.05) is 79.2 Å². The lowest BCUT2D eigenvalue weighted by atomic mass is 10.0. The zero-order valence-electron chi connectivity index (χ0n) is 24.2. The number of carbonyl (C=O) groups excluding carboxylic acids is 2. The molecule has 0 aliphatic rings. The van der Waals surface area contributed by atoms with Crippen molar-refractivity contribution in [3.8, 4) is 0 Å². The van der Waals surface area contributed by atoms with Crippen molar-refractivity contribution >= 4 is 39.1 Å². The van der Waals surface area contributed by atoms with Crippen LogP contribution in [0.3, 0.4) is 0 Å². The maximum atomic E-state index is 13.9.